The van der Waals surface area contributed by atoms with Crippen molar-refractivity contribution >= 4 is 16.8 Å². The largest absolute Gasteiger partial charge is 0.497 e. The van der Waals surface area contributed by atoms with E-state index in [4.69, 9.17) is 19.7 Å². The topological polar surface area (TPSA) is 106 Å². The molecule has 1 fully saturated rings. The summed E-state index contributed by atoms with van der Waals surface area (Å²) in [6.07, 6.45) is 7.08. The van der Waals surface area contributed by atoms with Crippen molar-refractivity contribution in [2.45, 2.75) is 57.2 Å². The van der Waals surface area contributed by atoms with Gasteiger partial charge in [-0.2, -0.15) is 0 Å². The average molecular weight is 596 g/mol. The number of methoxy groups -OCH3 is 2. The molecule has 44 heavy (non-hydrogen) atoms. The summed E-state index contributed by atoms with van der Waals surface area (Å²) in [5.74, 6) is 3.03. The standard InChI is InChI=1S/C35H40N6O3.H2/c1-43-27-17-16-25(32(21-27)44-2)23-41-33(18-15-24-10-4-3-5-11-24)39-40-34(41)31(38-35(42)30-14-8-9-19-36-30)20-26-22-37-29-13-7-6-12-28(26)29;/h3-7,10-13,16-17,21-22,30-31,36-37H,8-9,14-15,18-20,23H2,1-2H3,(H,38,42);1H/t30?,31-;/m1./s1/i;1+1. The Bertz CT molecular complexity index is 1700. The summed E-state index contributed by atoms with van der Waals surface area (Å²) < 4.78 is 13.4. The van der Waals surface area contributed by atoms with Crippen molar-refractivity contribution in [1.82, 2.24) is 30.4 Å². The first-order chi connectivity index (χ1) is 21.6. The summed E-state index contributed by atoms with van der Waals surface area (Å²) in [7, 11) is 3.31. The number of aromatic nitrogens is 4. The SMILES string of the molecule is COc1ccc(Cn2c(CCc3ccccc3)nnc2[C@@H](Cc2c[nH]c3ccccc23)NC(=O)C2CCCCN2)c(OC)c1.[2HH]. The van der Waals surface area contributed by atoms with Gasteiger partial charge < -0.3 is 29.7 Å². The quantitative estimate of drug-likeness (QED) is 0.178. The van der Waals surface area contributed by atoms with E-state index in [0.717, 1.165) is 77.4 Å². The van der Waals surface area contributed by atoms with Crippen LogP contribution < -0.4 is 20.1 Å². The lowest BCUT2D eigenvalue weighted by atomic mass is 10.0. The van der Waals surface area contributed by atoms with Crippen LogP contribution in [0.25, 0.3) is 10.9 Å². The minimum Gasteiger partial charge on any atom is -0.497 e. The Labute approximate surface area is 259 Å². The lowest BCUT2D eigenvalue weighted by Gasteiger charge is -2.26. The van der Waals surface area contributed by atoms with E-state index in [9.17, 15) is 4.79 Å². The van der Waals surface area contributed by atoms with Crippen LogP contribution in [0.2, 0.25) is 0 Å². The van der Waals surface area contributed by atoms with Gasteiger partial charge >= 0.3 is 0 Å². The minimum absolute atomic E-state index is 0. The van der Waals surface area contributed by atoms with E-state index in [1.807, 2.05) is 42.6 Å². The zero-order valence-corrected chi connectivity index (χ0v) is 25.4. The van der Waals surface area contributed by atoms with Gasteiger partial charge in [-0.1, -0.05) is 55.0 Å². The molecule has 0 radical (unpaired) electrons. The fourth-order valence-electron chi connectivity index (χ4n) is 6.09. The van der Waals surface area contributed by atoms with Crippen LogP contribution in [0.4, 0.5) is 0 Å². The van der Waals surface area contributed by atoms with E-state index in [0.29, 0.717) is 19.4 Å². The van der Waals surface area contributed by atoms with Gasteiger partial charge in [-0.05, 0) is 55.1 Å². The molecule has 9 nitrogen and oxygen atoms in total. The Morgan fingerprint density at radius 3 is 2.64 bits per heavy atom. The smallest absolute Gasteiger partial charge is 0.237 e. The second-order valence-electron chi connectivity index (χ2n) is 11.4. The number of ether oxygens (including phenoxy) is 2. The molecule has 5 aromatic rings. The van der Waals surface area contributed by atoms with Crippen LogP contribution in [0.5, 0.6) is 11.5 Å². The first-order valence-corrected chi connectivity index (χ1v) is 15.4. The minimum atomic E-state index is -0.396. The number of nitrogens with zero attached hydrogens (tertiary/aromatic N) is 3. The number of aromatic amines is 1. The molecule has 0 bridgehead atoms. The number of benzene rings is 3. The maximum absolute atomic E-state index is 13.7. The van der Waals surface area contributed by atoms with Crippen LogP contribution in [-0.2, 0) is 30.6 Å². The highest BCUT2D eigenvalue weighted by atomic mass is 16.5. The number of amides is 1. The molecule has 0 aliphatic carbocycles. The van der Waals surface area contributed by atoms with Crippen LogP contribution in [0, 0.1) is 0 Å². The van der Waals surface area contributed by atoms with Crippen molar-refractivity contribution in [3.05, 3.63) is 107 Å². The second kappa shape index (κ2) is 13.8. The number of nitrogens with one attached hydrogen (secondary N) is 3. The number of carbonyl (C=O) groups is 1. The van der Waals surface area contributed by atoms with Crippen molar-refractivity contribution in [3.8, 4) is 11.5 Å². The zero-order chi connectivity index (χ0) is 30.3. The molecule has 0 saturated carbocycles. The number of para-hydroxylation sites is 1. The van der Waals surface area contributed by atoms with Gasteiger partial charge in [-0.3, -0.25) is 4.79 Å². The molecule has 1 saturated heterocycles. The van der Waals surface area contributed by atoms with Gasteiger partial charge in [-0.25, -0.2) is 0 Å². The molecule has 1 unspecified atom stereocenters. The third-order valence-corrected chi connectivity index (χ3v) is 8.51. The van der Waals surface area contributed by atoms with Crippen molar-refractivity contribution in [2.24, 2.45) is 0 Å². The molecular weight excluding hydrogens is 552 g/mol. The molecule has 1 amide bonds. The van der Waals surface area contributed by atoms with E-state index in [1.165, 1.54) is 5.56 Å². The van der Waals surface area contributed by atoms with Gasteiger partial charge in [0, 0.05) is 43.0 Å². The van der Waals surface area contributed by atoms with Gasteiger partial charge in [0.2, 0.25) is 5.91 Å². The lowest BCUT2D eigenvalue weighted by Crippen LogP contribution is -2.48. The second-order valence-corrected chi connectivity index (χ2v) is 11.4. The molecule has 3 N–H and O–H groups in total. The molecule has 1 aliphatic rings. The summed E-state index contributed by atoms with van der Waals surface area (Å²) in [4.78, 5) is 17.0. The number of hydrogen-bond acceptors (Lipinski definition) is 6. The first kappa shape index (κ1) is 29.4. The van der Waals surface area contributed by atoms with Gasteiger partial charge in [-0.15, -0.1) is 10.2 Å². The zero-order valence-electron chi connectivity index (χ0n) is 25.4. The van der Waals surface area contributed by atoms with Gasteiger partial charge in [0.05, 0.1) is 32.8 Å². The number of aryl methyl sites for hydroxylation is 2. The number of H-pyrrole nitrogens is 1. The van der Waals surface area contributed by atoms with Gasteiger partial charge in [0.15, 0.2) is 5.82 Å². The fourth-order valence-corrected chi connectivity index (χ4v) is 6.09. The highest BCUT2D eigenvalue weighted by Crippen LogP contribution is 2.29. The first-order valence-electron chi connectivity index (χ1n) is 15.4. The Kier molecular flexibility index (Phi) is 9.22. The van der Waals surface area contributed by atoms with E-state index < -0.39 is 6.04 Å². The molecular formula is C35H42N6O3. The molecule has 0 spiro atoms. The average Bonchev–Trinajstić information content (AvgIpc) is 3.68. The maximum Gasteiger partial charge on any atom is 0.237 e. The third kappa shape index (κ3) is 6.63. The maximum atomic E-state index is 13.7. The third-order valence-electron chi connectivity index (χ3n) is 8.51. The molecule has 230 valence electrons. The molecule has 3 heterocycles. The molecule has 3 aromatic carbocycles. The van der Waals surface area contributed by atoms with Crippen molar-refractivity contribution in [1.29, 1.82) is 0 Å². The normalized spacial score (nSPS) is 15.6. The summed E-state index contributed by atoms with van der Waals surface area (Å²) in [6.45, 7) is 1.34. The van der Waals surface area contributed by atoms with E-state index in [1.54, 1.807) is 14.2 Å². The predicted octanol–water partition coefficient (Wildman–Crippen LogP) is 5.40. The lowest BCUT2D eigenvalue weighted by molar-refractivity contribution is -0.124. The van der Waals surface area contributed by atoms with Crippen LogP contribution in [0.15, 0.2) is 79.0 Å². The number of hydrogen-bond donors (Lipinski definition) is 3. The van der Waals surface area contributed by atoms with Crippen molar-refractivity contribution in [3.63, 3.8) is 0 Å². The highest BCUT2D eigenvalue weighted by Gasteiger charge is 2.29. The van der Waals surface area contributed by atoms with Crippen molar-refractivity contribution < 1.29 is 15.7 Å². The molecule has 2 aromatic heterocycles. The molecule has 6 rings (SSSR count). The number of rotatable bonds is 12. The Morgan fingerprint density at radius 2 is 1.84 bits per heavy atom. The van der Waals surface area contributed by atoms with Crippen LogP contribution >= 0.6 is 0 Å². The number of fused-ring (bicyclic) bond motifs is 1. The Morgan fingerprint density at radius 1 is 1.00 bits per heavy atom. The Hall–Kier alpha value is -4.63. The highest BCUT2D eigenvalue weighted by molar-refractivity contribution is 5.84. The van der Waals surface area contributed by atoms with Crippen LogP contribution in [-0.4, -0.2) is 52.5 Å². The summed E-state index contributed by atoms with van der Waals surface area (Å²) >= 11 is 0. The summed E-state index contributed by atoms with van der Waals surface area (Å²) in [6, 6.07) is 23.9. The number of piperidine rings is 1. The molecule has 9 heteroatoms. The van der Waals surface area contributed by atoms with Crippen LogP contribution in [0.1, 0.15) is 55.1 Å². The van der Waals surface area contributed by atoms with E-state index in [-0.39, 0.29) is 13.4 Å². The Balaban J connectivity index is 0.00000400. The van der Waals surface area contributed by atoms with E-state index in [2.05, 4.69) is 56.6 Å². The molecule has 2 atom stereocenters. The monoisotopic (exact) mass is 595 g/mol. The predicted molar refractivity (Wildman–Crippen MR) is 173 cm³/mol. The summed E-state index contributed by atoms with van der Waals surface area (Å²) in [5.41, 5.74) is 4.39. The fraction of sp³-hybridized carbons (Fsp3) is 0.343. The van der Waals surface area contributed by atoms with Crippen LogP contribution in [0.3, 0.4) is 0 Å². The van der Waals surface area contributed by atoms with Crippen molar-refractivity contribution in [2.75, 3.05) is 20.8 Å². The van der Waals surface area contributed by atoms with Gasteiger partial charge in [0.25, 0.3) is 0 Å². The van der Waals surface area contributed by atoms with E-state index >= 15 is 0 Å². The van der Waals surface area contributed by atoms with Gasteiger partial charge in [0.1, 0.15) is 17.3 Å². The summed E-state index contributed by atoms with van der Waals surface area (Å²) in [5, 5.41) is 17.4. The number of carbonyl (C=O) groups excluding carboxylic acids is 1. The molecule has 1 aliphatic heterocycles.